The van der Waals surface area contributed by atoms with Crippen LogP contribution in [0.1, 0.15) is 26.2 Å². The van der Waals surface area contributed by atoms with E-state index in [0.717, 1.165) is 12.8 Å². The molecule has 0 aromatic carbocycles. The molecule has 0 unspecified atom stereocenters. The first-order valence-corrected chi connectivity index (χ1v) is 2.93. The van der Waals surface area contributed by atoms with Gasteiger partial charge in [0.05, 0.1) is 12.5 Å². The largest absolute Gasteiger partial charge is 0.327 e. The van der Waals surface area contributed by atoms with Crippen LogP contribution < -0.4 is 5.73 Å². The molecule has 1 atom stereocenters. The Morgan fingerprint density at radius 2 is 2.38 bits per heavy atom. The fourth-order valence-corrected chi connectivity index (χ4v) is 0.590. The number of rotatable bonds is 3. The normalized spacial score (nSPS) is 12.6. The summed E-state index contributed by atoms with van der Waals surface area (Å²) < 4.78 is 0. The van der Waals surface area contributed by atoms with Crippen molar-refractivity contribution in [1.82, 2.24) is 0 Å². The van der Waals surface area contributed by atoms with Crippen molar-refractivity contribution >= 4 is 0 Å². The van der Waals surface area contributed by atoms with E-state index in [4.69, 9.17) is 11.0 Å². The predicted molar refractivity (Wildman–Crippen MR) is 33.1 cm³/mol. The van der Waals surface area contributed by atoms with Gasteiger partial charge in [0.1, 0.15) is 0 Å². The van der Waals surface area contributed by atoms with Gasteiger partial charge in [-0.25, -0.2) is 0 Å². The van der Waals surface area contributed by atoms with Crippen molar-refractivity contribution in [2.75, 3.05) is 0 Å². The summed E-state index contributed by atoms with van der Waals surface area (Å²) in [6.07, 6.45) is 2.53. The van der Waals surface area contributed by atoms with E-state index in [-0.39, 0.29) is 6.04 Å². The van der Waals surface area contributed by atoms with E-state index in [1.807, 2.05) is 6.07 Å². The molecule has 0 radical (unpaired) electrons. The monoisotopic (exact) mass is 112 g/mol. The minimum Gasteiger partial charge on any atom is -0.327 e. The summed E-state index contributed by atoms with van der Waals surface area (Å²) in [5.41, 5.74) is 5.47. The van der Waals surface area contributed by atoms with Crippen LogP contribution in [-0.2, 0) is 0 Å². The Bertz CT molecular complexity index is 83.0. The minimum atomic E-state index is 0.102. The van der Waals surface area contributed by atoms with Crippen LogP contribution in [0, 0.1) is 11.3 Å². The maximum atomic E-state index is 8.13. The Hall–Kier alpha value is -0.550. The Labute approximate surface area is 50.3 Å². The maximum absolute atomic E-state index is 8.13. The highest BCUT2D eigenvalue weighted by molar-refractivity contribution is 4.77. The van der Waals surface area contributed by atoms with Crippen molar-refractivity contribution < 1.29 is 0 Å². The van der Waals surface area contributed by atoms with Crippen LogP contribution in [0.5, 0.6) is 0 Å². The highest BCUT2D eigenvalue weighted by atomic mass is 14.6. The molecule has 0 heterocycles. The molecular formula is C6H12N2. The zero-order valence-corrected chi connectivity index (χ0v) is 5.22. The molecule has 0 aliphatic carbocycles. The minimum absolute atomic E-state index is 0.102. The Morgan fingerprint density at radius 1 is 1.75 bits per heavy atom. The van der Waals surface area contributed by atoms with E-state index < -0.39 is 0 Å². The van der Waals surface area contributed by atoms with Crippen LogP contribution in [0.4, 0.5) is 0 Å². The second-order valence-corrected chi connectivity index (χ2v) is 1.91. The average molecular weight is 112 g/mol. The van der Waals surface area contributed by atoms with E-state index in [1.54, 1.807) is 0 Å². The van der Waals surface area contributed by atoms with E-state index in [1.165, 1.54) is 0 Å². The van der Waals surface area contributed by atoms with Crippen molar-refractivity contribution in [1.29, 1.82) is 5.26 Å². The molecule has 2 N–H and O–H groups in total. The molecule has 0 spiro atoms. The van der Waals surface area contributed by atoms with Gasteiger partial charge in [0.25, 0.3) is 0 Å². The molecule has 0 saturated heterocycles. The lowest BCUT2D eigenvalue weighted by Gasteiger charge is -2.01. The van der Waals surface area contributed by atoms with Crippen LogP contribution in [0.15, 0.2) is 0 Å². The molecule has 8 heavy (non-hydrogen) atoms. The lowest BCUT2D eigenvalue weighted by Crippen LogP contribution is -2.17. The van der Waals surface area contributed by atoms with E-state index in [2.05, 4.69) is 6.92 Å². The van der Waals surface area contributed by atoms with Gasteiger partial charge in [-0.15, -0.1) is 0 Å². The van der Waals surface area contributed by atoms with Crippen LogP contribution in [0.25, 0.3) is 0 Å². The third-order valence-electron chi connectivity index (χ3n) is 1.01. The first-order valence-electron chi connectivity index (χ1n) is 2.93. The SMILES string of the molecule is CCC[C@H](N)CC#N. The fraction of sp³-hybridized carbons (Fsp3) is 0.833. The second-order valence-electron chi connectivity index (χ2n) is 1.91. The third-order valence-corrected chi connectivity index (χ3v) is 1.01. The van der Waals surface area contributed by atoms with E-state index in [0.29, 0.717) is 6.42 Å². The molecular weight excluding hydrogens is 100 g/mol. The molecule has 2 nitrogen and oxygen atoms in total. The van der Waals surface area contributed by atoms with Crippen molar-refractivity contribution in [3.8, 4) is 6.07 Å². The number of nitrogens with zero attached hydrogens (tertiary/aromatic N) is 1. The Morgan fingerprint density at radius 3 is 2.75 bits per heavy atom. The molecule has 0 aliphatic rings. The summed E-state index contributed by atoms with van der Waals surface area (Å²) in [5.74, 6) is 0. The summed E-state index contributed by atoms with van der Waals surface area (Å²) in [6.45, 7) is 2.07. The number of nitriles is 1. The van der Waals surface area contributed by atoms with Crippen molar-refractivity contribution in [2.24, 2.45) is 5.73 Å². The average Bonchev–Trinajstić information content (AvgIpc) is 1.68. The smallest absolute Gasteiger partial charge is 0.0638 e. The number of nitrogens with two attached hydrogens (primary N) is 1. The standard InChI is InChI=1S/C6H12N2/c1-2-3-6(8)4-5-7/h6H,2-4,8H2,1H3/t6-/m0/s1. The Kier molecular flexibility index (Phi) is 4.29. The van der Waals surface area contributed by atoms with Crippen LogP contribution in [0.2, 0.25) is 0 Å². The number of hydrogen-bond acceptors (Lipinski definition) is 2. The highest BCUT2D eigenvalue weighted by Gasteiger charge is 1.96. The Balaban J connectivity index is 3.08. The summed E-state index contributed by atoms with van der Waals surface area (Å²) >= 11 is 0. The summed E-state index contributed by atoms with van der Waals surface area (Å²) in [5, 5.41) is 8.13. The van der Waals surface area contributed by atoms with Crippen LogP contribution in [-0.4, -0.2) is 6.04 Å². The van der Waals surface area contributed by atoms with E-state index >= 15 is 0 Å². The van der Waals surface area contributed by atoms with Gasteiger partial charge in [-0.2, -0.15) is 5.26 Å². The van der Waals surface area contributed by atoms with Gasteiger partial charge in [-0.05, 0) is 6.42 Å². The first kappa shape index (κ1) is 7.45. The topological polar surface area (TPSA) is 49.8 Å². The van der Waals surface area contributed by atoms with Crippen molar-refractivity contribution in [3.63, 3.8) is 0 Å². The molecule has 0 aliphatic heterocycles. The van der Waals surface area contributed by atoms with Gasteiger partial charge in [0.15, 0.2) is 0 Å². The zero-order valence-electron chi connectivity index (χ0n) is 5.22. The van der Waals surface area contributed by atoms with Gasteiger partial charge in [0, 0.05) is 6.04 Å². The van der Waals surface area contributed by atoms with Crippen LogP contribution >= 0.6 is 0 Å². The lowest BCUT2D eigenvalue weighted by molar-refractivity contribution is 0.615. The van der Waals surface area contributed by atoms with Gasteiger partial charge in [-0.3, -0.25) is 0 Å². The molecule has 0 bridgehead atoms. The molecule has 0 amide bonds. The summed E-state index contributed by atoms with van der Waals surface area (Å²) in [7, 11) is 0. The van der Waals surface area contributed by atoms with Gasteiger partial charge < -0.3 is 5.73 Å². The predicted octanol–water partition coefficient (Wildman–Crippen LogP) is 1.03. The summed E-state index contributed by atoms with van der Waals surface area (Å²) in [6, 6.07) is 2.13. The lowest BCUT2D eigenvalue weighted by atomic mass is 10.1. The van der Waals surface area contributed by atoms with Gasteiger partial charge in [0.2, 0.25) is 0 Å². The van der Waals surface area contributed by atoms with Gasteiger partial charge in [-0.1, -0.05) is 13.3 Å². The molecule has 0 fully saturated rings. The zero-order chi connectivity index (χ0) is 6.41. The van der Waals surface area contributed by atoms with Crippen molar-refractivity contribution in [3.05, 3.63) is 0 Å². The molecule has 0 rings (SSSR count). The fourth-order valence-electron chi connectivity index (χ4n) is 0.590. The molecule has 46 valence electrons. The summed E-state index contributed by atoms with van der Waals surface area (Å²) in [4.78, 5) is 0. The molecule has 0 saturated carbocycles. The third kappa shape index (κ3) is 3.63. The quantitative estimate of drug-likeness (QED) is 0.592. The second kappa shape index (κ2) is 4.61. The van der Waals surface area contributed by atoms with E-state index in [9.17, 15) is 0 Å². The maximum Gasteiger partial charge on any atom is 0.0638 e. The van der Waals surface area contributed by atoms with Crippen LogP contribution in [0.3, 0.4) is 0 Å². The molecule has 0 aromatic rings. The van der Waals surface area contributed by atoms with Crippen molar-refractivity contribution in [2.45, 2.75) is 32.2 Å². The van der Waals surface area contributed by atoms with Gasteiger partial charge >= 0.3 is 0 Å². The molecule has 0 aromatic heterocycles. The highest BCUT2D eigenvalue weighted by Crippen LogP contribution is 1.95. The first-order chi connectivity index (χ1) is 3.81. The number of hydrogen-bond donors (Lipinski definition) is 1. The molecule has 2 heteroatoms.